The maximum absolute atomic E-state index is 2.47. The van der Waals surface area contributed by atoms with E-state index in [-0.39, 0.29) is 0 Å². The first-order chi connectivity index (χ1) is 5.75. The van der Waals surface area contributed by atoms with Gasteiger partial charge in [-0.15, -0.1) is 0 Å². The number of hydrogen-bond donors (Lipinski definition) is 0. The van der Waals surface area contributed by atoms with Gasteiger partial charge in [-0.3, -0.25) is 0 Å². The molecule has 0 heterocycles. The minimum absolute atomic E-state index is 1.02. The molecule has 70 valence electrons. The average Bonchev–Trinajstić information content (AvgIpc) is 2.19. The van der Waals surface area contributed by atoms with Gasteiger partial charge >= 0.3 is 0 Å². The number of rotatable bonds is 0. The Hall–Kier alpha value is 0. The highest BCUT2D eigenvalue weighted by atomic mass is 14.4. The van der Waals surface area contributed by atoms with Crippen molar-refractivity contribution in [3.05, 3.63) is 0 Å². The Morgan fingerprint density at radius 3 is 2.50 bits per heavy atom. The van der Waals surface area contributed by atoms with Crippen LogP contribution >= 0.6 is 0 Å². The van der Waals surface area contributed by atoms with Gasteiger partial charge in [0.05, 0.1) is 0 Å². The SMILES string of the molecule is CC1CCC2CC(CCC2C)C1. The minimum Gasteiger partial charge on any atom is -0.0625 e. The summed E-state index contributed by atoms with van der Waals surface area (Å²) in [5.41, 5.74) is 0. The van der Waals surface area contributed by atoms with Gasteiger partial charge in [0.15, 0.2) is 0 Å². The lowest BCUT2D eigenvalue weighted by Gasteiger charge is -2.32. The van der Waals surface area contributed by atoms with Gasteiger partial charge in [0, 0.05) is 0 Å². The summed E-state index contributed by atoms with van der Waals surface area (Å²) in [4.78, 5) is 0. The van der Waals surface area contributed by atoms with Gasteiger partial charge in [-0.05, 0) is 42.9 Å². The third-order valence-corrected chi connectivity index (χ3v) is 4.24. The van der Waals surface area contributed by atoms with E-state index < -0.39 is 0 Å². The highest BCUT2D eigenvalue weighted by molar-refractivity contribution is 4.82. The van der Waals surface area contributed by atoms with E-state index in [1.165, 1.54) is 32.1 Å². The molecule has 0 aromatic rings. The first-order valence-electron chi connectivity index (χ1n) is 5.75. The van der Waals surface area contributed by atoms with Crippen LogP contribution in [0.5, 0.6) is 0 Å². The highest BCUT2D eigenvalue weighted by Crippen LogP contribution is 2.42. The van der Waals surface area contributed by atoms with Gasteiger partial charge in [0.2, 0.25) is 0 Å². The molecular weight excluding hydrogens is 144 g/mol. The first kappa shape index (κ1) is 8.59. The summed E-state index contributed by atoms with van der Waals surface area (Å²) < 4.78 is 0. The Balaban J connectivity index is 2.02. The molecule has 12 heavy (non-hydrogen) atoms. The van der Waals surface area contributed by atoms with Crippen LogP contribution in [0, 0.1) is 23.7 Å². The van der Waals surface area contributed by atoms with Gasteiger partial charge in [-0.25, -0.2) is 0 Å². The normalized spacial score (nSPS) is 48.5. The molecule has 2 saturated carbocycles. The van der Waals surface area contributed by atoms with Gasteiger partial charge < -0.3 is 0 Å². The second-order valence-electron chi connectivity index (χ2n) is 5.33. The summed E-state index contributed by atoms with van der Waals surface area (Å²) in [5, 5.41) is 0. The molecule has 2 bridgehead atoms. The Bertz CT molecular complexity index is 150. The van der Waals surface area contributed by atoms with Crippen molar-refractivity contribution in [2.45, 2.75) is 52.4 Å². The molecule has 2 aliphatic rings. The Kier molecular flexibility index (Phi) is 2.43. The van der Waals surface area contributed by atoms with Crippen LogP contribution in [-0.2, 0) is 0 Å². The summed E-state index contributed by atoms with van der Waals surface area (Å²) in [5.74, 6) is 4.24. The molecule has 0 aliphatic heterocycles. The van der Waals surface area contributed by atoms with Crippen molar-refractivity contribution in [2.24, 2.45) is 23.7 Å². The molecule has 0 amide bonds. The van der Waals surface area contributed by atoms with E-state index in [1.54, 1.807) is 6.42 Å². The lowest BCUT2D eigenvalue weighted by atomic mass is 9.74. The van der Waals surface area contributed by atoms with E-state index in [4.69, 9.17) is 0 Å². The number of hydrogen-bond acceptors (Lipinski definition) is 0. The monoisotopic (exact) mass is 166 g/mol. The Labute approximate surface area is 76.7 Å². The third-order valence-electron chi connectivity index (χ3n) is 4.24. The quantitative estimate of drug-likeness (QED) is 0.512. The molecule has 0 aromatic heterocycles. The van der Waals surface area contributed by atoms with Crippen LogP contribution in [0.3, 0.4) is 0 Å². The zero-order valence-corrected chi connectivity index (χ0v) is 8.55. The molecule has 0 saturated heterocycles. The summed E-state index contributed by atoms with van der Waals surface area (Å²) >= 11 is 0. The molecule has 2 fully saturated rings. The van der Waals surface area contributed by atoms with E-state index in [0.717, 1.165) is 23.7 Å². The van der Waals surface area contributed by atoms with Gasteiger partial charge in [-0.2, -0.15) is 0 Å². The fourth-order valence-electron chi connectivity index (χ4n) is 3.31. The third kappa shape index (κ3) is 1.67. The predicted octanol–water partition coefficient (Wildman–Crippen LogP) is 3.86. The summed E-state index contributed by atoms with van der Waals surface area (Å²) in [6.45, 7) is 4.92. The van der Waals surface area contributed by atoms with Crippen molar-refractivity contribution in [1.82, 2.24) is 0 Å². The Morgan fingerprint density at radius 1 is 0.833 bits per heavy atom. The molecule has 0 spiro atoms. The lowest BCUT2D eigenvalue weighted by Crippen LogP contribution is -2.21. The van der Waals surface area contributed by atoms with Crippen LogP contribution < -0.4 is 0 Å². The van der Waals surface area contributed by atoms with Crippen LogP contribution in [0.4, 0.5) is 0 Å². The molecule has 0 heteroatoms. The first-order valence-corrected chi connectivity index (χ1v) is 5.75. The highest BCUT2D eigenvalue weighted by Gasteiger charge is 2.31. The zero-order chi connectivity index (χ0) is 8.55. The standard InChI is InChI=1S/C12H22/c1-9-3-6-12-8-11(7-9)5-4-10(12)2/h9-12H,3-8H2,1-2H3. The van der Waals surface area contributed by atoms with Crippen molar-refractivity contribution >= 4 is 0 Å². The van der Waals surface area contributed by atoms with E-state index in [2.05, 4.69) is 13.8 Å². The fraction of sp³-hybridized carbons (Fsp3) is 1.00. The van der Waals surface area contributed by atoms with Gasteiger partial charge in [-0.1, -0.05) is 33.1 Å². The molecule has 0 radical (unpaired) electrons. The van der Waals surface area contributed by atoms with Crippen molar-refractivity contribution in [3.8, 4) is 0 Å². The summed E-state index contributed by atoms with van der Waals surface area (Å²) in [7, 11) is 0. The van der Waals surface area contributed by atoms with Crippen molar-refractivity contribution < 1.29 is 0 Å². The molecule has 0 N–H and O–H groups in total. The molecule has 0 aromatic carbocycles. The number of fused-ring (bicyclic) bond motifs is 2. The lowest BCUT2D eigenvalue weighted by molar-refractivity contribution is 0.195. The van der Waals surface area contributed by atoms with E-state index in [9.17, 15) is 0 Å². The van der Waals surface area contributed by atoms with Crippen LogP contribution in [0.2, 0.25) is 0 Å². The van der Waals surface area contributed by atoms with Crippen molar-refractivity contribution in [1.29, 1.82) is 0 Å². The smallest absolute Gasteiger partial charge is 0.0386 e. The van der Waals surface area contributed by atoms with Crippen LogP contribution in [0.25, 0.3) is 0 Å². The molecule has 4 atom stereocenters. The maximum Gasteiger partial charge on any atom is -0.0386 e. The zero-order valence-electron chi connectivity index (χ0n) is 8.55. The van der Waals surface area contributed by atoms with E-state index in [1.807, 2.05) is 0 Å². The largest absolute Gasteiger partial charge is 0.0625 e. The van der Waals surface area contributed by atoms with Crippen LogP contribution in [-0.4, -0.2) is 0 Å². The predicted molar refractivity (Wildman–Crippen MR) is 53.0 cm³/mol. The van der Waals surface area contributed by atoms with Crippen LogP contribution in [0.1, 0.15) is 52.4 Å². The Morgan fingerprint density at radius 2 is 1.67 bits per heavy atom. The second kappa shape index (κ2) is 3.40. The fourth-order valence-corrected chi connectivity index (χ4v) is 3.31. The second-order valence-corrected chi connectivity index (χ2v) is 5.33. The summed E-state index contributed by atoms with van der Waals surface area (Å²) in [6, 6.07) is 0. The molecule has 0 nitrogen and oxygen atoms in total. The van der Waals surface area contributed by atoms with Crippen LogP contribution in [0.15, 0.2) is 0 Å². The topological polar surface area (TPSA) is 0 Å². The minimum atomic E-state index is 1.02. The molecular formula is C12H22. The molecule has 4 unspecified atom stereocenters. The molecule has 2 rings (SSSR count). The van der Waals surface area contributed by atoms with Gasteiger partial charge in [0.1, 0.15) is 0 Å². The van der Waals surface area contributed by atoms with Crippen molar-refractivity contribution in [3.63, 3.8) is 0 Å². The maximum atomic E-state index is 2.47. The average molecular weight is 166 g/mol. The van der Waals surface area contributed by atoms with Crippen molar-refractivity contribution in [2.75, 3.05) is 0 Å². The molecule has 2 aliphatic carbocycles. The summed E-state index contributed by atoms with van der Waals surface area (Å²) in [6.07, 6.45) is 9.17. The van der Waals surface area contributed by atoms with E-state index >= 15 is 0 Å². The van der Waals surface area contributed by atoms with E-state index in [0.29, 0.717) is 0 Å². The van der Waals surface area contributed by atoms with Gasteiger partial charge in [0.25, 0.3) is 0 Å².